The van der Waals surface area contributed by atoms with Gasteiger partial charge in [-0.3, -0.25) is 4.79 Å². The Labute approximate surface area is 94.1 Å². The Morgan fingerprint density at radius 2 is 1.88 bits per heavy atom. The minimum atomic E-state index is -0.0550. The summed E-state index contributed by atoms with van der Waals surface area (Å²) >= 11 is 0. The molecule has 1 saturated heterocycles. The van der Waals surface area contributed by atoms with Gasteiger partial charge in [-0.05, 0) is 38.1 Å². The van der Waals surface area contributed by atoms with Crippen molar-refractivity contribution in [3.63, 3.8) is 0 Å². The van der Waals surface area contributed by atoms with Gasteiger partial charge < -0.3 is 14.2 Å². The van der Waals surface area contributed by atoms with Crippen molar-refractivity contribution in [1.29, 1.82) is 0 Å². The molecule has 1 aliphatic rings. The zero-order chi connectivity index (χ0) is 11.6. The van der Waals surface area contributed by atoms with Crippen molar-refractivity contribution < 1.29 is 19.0 Å². The molecule has 86 valence electrons. The lowest BCUT2D eigenvalue weighted by atomic mass is 10.1. The Morgan fingerprint density at radius 1 is 1.31 bits per heavy atom. The van der Waals surface area contributed by atoms with E-state index in [2.05, 4.69) is 4.74 Å². The number of benzene rings is 1. The first kappa shape index (κ1) is 11.0. The molecule has 0 bridgehead atoms. The number of hydrogen-bond donors (Lipinski definition) is 0. The van der Waals surface area contributed by atoms with E-state index in [1.54, 1.807) is 24.3 Å². The molecule has 0 saturated carbocycles. The van der Waals surface area contributed by atoms with Gasteiger partial charge in [0.2, 0.25) is 0 Å². The van der Waals surface area contributed by atoms with Crippen molar-refractivity contribution in [2.45, 2.75) is 25.6 Å². The summed E-state index contributed by atoms with van der Waals surface area (Å²) in [6.45, 7) is 5.00. The zero-order valence-corrected chi connectivity index (χ0v) is 9.30. The summed E-state index contributed by atoms with van der Waals surface area (Å²) < 4.78 is 15.6. The third kappa shape index (κ3) is 2.52. The molecule has 0 amide bonds. The lowest BCUT2D eigenvalue weighted by molar-refractivity contribution is -0.120. The first-order valence-corrected chi connectivity index (χ1v) is 5.13. The van der Waals surface area contributed by atoms with Gasteiger partial charge in [0.15, 0.2) is 0 Å². The van der Waals surface area contributed by atoms with Gasteiger partial charge in [0.25, 0.3) is 6.47 Å². The predicted octanol–water partition coefficient (Wildman–Crippen LogP) is 1.78. The minimum Gasteiger partial charge on any atom is -0.491 e. The molecule has 2 rings (SSSR count). The van der Waals surface area contributed by atoms with Gasteiger partial charge in [-0.25, -0.2) is 0 Å². The molecule has 1 aromatic carbocycles. The maximum Gasteiger partial charge on any atom is 0.298 e. The Morgan fingerprint density at radius 3 is 2.38 bits per heavy atom. The van der Waals surface area contributed by atoms with Crippen molar-refractivity contribution >= 4 is 6.47 Å². The fraction of sp³-hybridized carbons (Fsp3) is 0.417. The van der Waals surface area contributed by atoms with Gasteiger partial charge in [0.1, 0.15) is 24.2 Å². The zero-order valence-electron chi connectivity index (χ0n) is 9.30. The summed E-state index contributed by atoms with van der Waals surface area (Å²) in [6.07, 6.45) is 0.165. The van der Waals surface area contributed by atoms with Gasteiger partial charge in [0.05, 0.1) is 5.60 Å². The second kappa shape index (κ2) is 4.14. The van der Waals surface area contributed by atoms with Gasteiger partial charge in [-0.1, -0.05) is 0 Å². The summed E-state index contributed by atoms with van der Waals surface area (Å²) in [5, 5.41) is 0. The monoisotopic (exact) mass is 222 g/mol. The molecule has 1 heterocycles. The third-order valence-corrected chi connectivity index (χ3v) is 2.57. The van der Waals surface area contributed by atoms with E-state index in [9.17, 15) is 4.79 Å². The maximum absolute atomic E-state index is 10.1. The number of carbonyl (C=O) groups is 1. The molecule has 0 aromatic heterocycles. The number of epoxide rings is 1. The van der Waals surface area contributed by atoms with E-state index in [1.807, 2.05) is 13.8 Å². The van der Waals surface area contributed by atoms with E-state index >= 15 is 0 Å². The molecule has 0 spiro atoms. The number of ether oxygens (including phenoxy) is 3. The highest BCUT2D eigenvalue weighted by molar-refractivity contribution is 5.45. The lowest BCUT2D eigenvalue weighted by Gasteiger charge is -2.05. The summed E-state index contributed by atoms with van der Waals surface area (Å²) in [6, 6.07) is 6.88. The lowest BCUT2D eigenvalue weighted by Crippen LogP contribution is -2.12. The van der Waals surface area contributed by atoms with Crippen LogP contribution < -0.4 is 9.47 Å². The van der Waals surface area contributed by atoms with Crippen LogP contribution in [0.3, 0.4) is 0 Å². The van der Waals surface area contributed by atoms with Crippen LogP contribution in [0, 0.1) is 0 Å². The highest BCUT2D eigenvalue weighted by atomic mass is 16.6. The predicted molar refractivity (Wildman–Crippen MR) is 57.6 cm³/mol. The van der Waals surface area contributed by atoms with Crippen LogP contribution >= 0.6 is 0 Å². The normalized spacial score (nSPS) is 21.2. The van der Waals surface area contributed by atoms with Crippen LogP contribution in [0.2, 0.25) is 0 Å². The first-order chi connectivity index (χ1) is 7.62. The van der Waals surface area contributed by atoms with Crippen LogP contribution in [-0.4, -0.2) is 24.8 Å². The Balaban J connectivity index is 1.83. The molecule has 0 aliphatic carbocycles. The van der Waals surface area contributed by atoms with Gasteiger partial charge >= 0.3 is 0 Å². The van der Waals surface area contributed by atoms with Crippen molar-refractivity contribution in [1.82, 2.24) is 0 Å². The number of rotatable bonds is 5. The molecule has 0 N–H and O–H groups in total. The highest BCUT2D eigenvalue weighted by Gasteiger charge is 2.48. The van der Waals surface area contributed by atoms with E-state index in [0.717, 1.165) is 5.75 Å². The summed E-state index contributed by atoms with van der Waals surface area (Å²) in [4.78, 5) is 10.1. The van der Waals surface area contributed by atoms with Crippen molar-refractivity contribution in [3.8, 4) is 11.5 Å². The Hall–Kier alpha value is -1.55. The average Bonchev–Trinajstić information content (AvgIpc) is 2.86. The van der Waals surface area contributed by atoms with E-state index in [0.29, 0.717) is 18.8 Å². The van der Waals surface area contributed by atoms with E-state index < -0.39 is 0 Å². The van der Waals surface area contributed by atoms with Crippen molar-refractivity contribution in [3.05, 3.63) is 24.3 Å². The maximum atomic E-state index is 10.1. The molecule has 4 nitrogen and oxygen atoms in total. The second-order valence-electron chi connectivity index (χ2n) is 4.21. The molecule has 4 heteroatoms. The van der Waals surface area contributed by atoms with Gasteiger partial charge in [-0.2, -0.15) is 0 Å². The minimum absolute atomic E-state index is 0.0550. The van der Waals surface area contributed by atoms with Crippen molar-refractivity contribution in [2.75, 3.05) is 6.61 Å². The smallest absolute Gasteiger partial charge is 0.298 e. The fourth-order valence-electron chi connectivity index (χ4n) is 1.41. The van der Waals surface area contributed by atoms with E-state index in [-0.39, 0.29) is 11.7 Å². The van der Waals surface area contributed by atoms with Gasteiger partial charge in [-0.15, -0.1) is 0 Å². The van der Waals surface area contributed by atoms with E-state index in [1.165, 1.54) is 0 Å². The average molecular weight is 222 g/mol. The number of carbonyl (C=O) groups excluding carboxylic acids is 1. The van der Waals surface area contributed by atoms with Crippen LogP contribution in [0.5, 0.6) is 11.5 Å². The largest absolute Gasteiger partial charge is 0.491 e. The molecular formula is C12H14O4. The van der Waals surface area contributed by atoms with Crippen LogP contribution in [0.4, 0.5) is 0 Å². The third-order valence-electron chi connectivity index (χ3n) is 2.57. The molecule has 0 radical (unpaired) electrons. The van der Waals surface area contributed by atoms with Crippen LogP contribution in [0.1, 0.15) is 13.8 Å². The van der Waals surface area contributed by atoms with Gasteiger partial charge in [0, 0.05) is 0 Å². The molecule has 1 aromatic rings. The first-order valence-electron chi connectivity index (χ1n) is 5.13. The van der Waals surface area contributed by atoms with E-state index in [4.69, 9.17) is 9.47 Å². The molecule has 1 atom stereocenters. The SMILES string of the molecule is CC1(C)OC1COc1ccc(OC=O)cc1. The summed E-state index contributed by atoms with van der Waals surface area (Å²) in [7, 11) is 0. The molecule has 1 fully saturated rings. The van der Waals surface area contributed by atoms with Crippen molar-refractivity contribution in [2.24, 2.45) is 0 Å². The quantitative estimate of drug-likeness (QED) is 0.562. The second-order valence-corrected chi connectivity index (χ2v) is 4.21. The summed E-state index contributed by atoms with van der Waals surface area (Å²) in [5.41, 5.74) is -0.0550. The summed E-state index contributed by atoms with van der Waals surface area (Å²) in [5.74, 6) is 1.25. The number of hydrogen-bond acceptors (Lipinski definition) is 4. The molecule has 1 unspecified atom stereocenters. The van der Waals surface area contributed by atoms with Crippen LogP contribution in [0.25, 0.3) is 0 Å². The van der Waals surface area contributed by atoms with Crippen LogP contribution in [-0.2, 0) is 9.53 Å². The fourth-order valence-corrected chi connectivity index (χ4v) is 1.41. The topological polar surface area (TPSA) is 48.1 Å². The molecular weight excluding hydrogens is 208 g/mol. The Bertz CT molecular complexity index is 369. The highest BCUT2D eigenvalue weighted by Crippen LogP contribution is 2.35. The standard InChI is InChI=1S/C12H14O4/c1-12(2)11(16-12)7-14-9-3-5-10(6-4-9)15-8-13/h3-6,8,11H,7H2,1-2H3. The molecule has 16 heavy (non-hydrogen) atoms. The molecule has 1 aliphatic heterocycles. The Kier molecular flexibility index (Phi) is 2.83. The van der Waals surface area contributed by atoms with Crippen LogP contribution in [0.15, 0.2) is 24.3 Å².